The van der Waals surface area contributed by atoms with Crippen molar-refractivity contribution in [2.75, 3.05) is 13.1 Å². The van der Waals surface area contributed by atoms with Crippen molar-refractivity contribution in [3.05, 3.63) is 28.9 Å². The van der Waals surface area contributed by atoms with Gasteiger partial charge in [0.1, 0.15) is 0 Å². The Morgan fingerprint density at radius 2 is 2.35 bits per heavy atom. The van der Waals surface area contributed by atoms with Crippen molar-refractivity contribution in [1.82, 2.24) is 15.1 Å². The molecule has 1 fully saturated rings. The molecule has 0 aliphatic carbocycles. The molecule has 1 saturated heterocycles. The van der Waals surface area contributed by atoms with Crippen LogP contribution in [0.5, 0.6) is 0 Å². The van der Waals surface area contributed by atoms with Gasteiger partial charge in [-0.2, -0.15) is 5.10 Å². The van der Waals surface area contributed by atoms with Crippen LogP contribution in [-0.2, 0) is 7.05 Å². The number of benzene rings is 1. The number of fused-ring (bicyclic) bond motifs is 1. The van der Waals surface area contributed by atoms with Crippen LogP contribution in [0.1, 0.15) is 24.3 Å². The van der Waals surface area contributed by atoms with Crippen LogP contribution in [0.3, 0.4) is 0 Å². The standard InChI is InChI=1S/C13H16ClN3/c1-17-12-5-4-9(7-11(12)13(14)16-17)10-3-2-6-15-8-10/h4-5,7,10,15H,2-3,6,8H2,1H3. The molecule has 1 aliphatic rings. The van der Waals surface area contributed by atoms with Crippen molar-refractivity contribution >= 4 is 22.5 Å². The van der Waals surface area contributed by atoms with Crippen molar-refractivity contribution in [3.8, 4) is 0 Å². The average molecular weight is 250 g/mol. The highest BCUT2D eigenvalue weighted by molar-refractivity contribution is 6.34. The molecule has 0 spiro atoms. The van der Waals surface area contributed by atoms with E-state index in [1.165, 1.54) is 18.4 Å². The summed E-state index contributed by atoms with van der Waals surface area (Å²) in [5.74, 6) is 0.615. The monoisotopic (exact) mass is 249 g/mol. The van der Waals surface area contributed by atoms with Crippen LogP contribution in [0.25, 0.3) is 10.9 Å². The zero-order chi connectivity index (χ0) is 11.8. The van der Waals surface area contributed by atoms with Gasteiger partial charge in [0.15, 0.2) is 5.15 Å². The minimum Gasteiger partial charge on any atom is -0.316 e. The number of nitrogens with one attached hydrogen (secondary N) is 1. The number of halogens is 1. The second-order valence-electron chi connectivity index (χ2n) is 4.73. The molecule has 1 aromatic heterocycles. The van der Waals surface area contributed by atoms with E-state index >= 15 is 0 Å². The molecule has 2 heterocycles. The maximum absolute atomic E-state index is 6.14. The molecule has 1 aromatic carbocycles. The first-order valence-corrected chi connectivity index (χ1v) is 6.46. The summed E-state index contributed by atoms with van der Waals surface area (Å²) in [7, 11) is 1.93. The molecule has 3 nitrogen and oxygen atoms in total. The number of nitrogens with zero attached hydrogens (tertiary/aromatic N) is 2. The lowest BCUT2D eigenvalue weighted by molar-refractivity contribution is 0.462. The zero-order valence-electron chi connectivity index (χ0n) is 9.91. The molecule has 0 saturated carbocycles. The average Bonchev–Trinajstić information content (AvgIpc) is 2.66. The van der Waals surface area contributed by atoms with Crippen molar-refractivity contribution in [2.45, 2.75) is 18.8 Å². The summed E-state index contributed by atoms with van der Waals surface area (Å²) in [5.41, 5.74) is 2.47. The second-order valence-corrected chi connectivity index (χ2v) is 5.09. The summed E-state index contributed by atoms with van der Waals surface area (Å²) >= 11 is 6.14. The van der Waals surface area contributed by atoms with Crippen LogP contribution in [0, 0.1) is 0 Å². The summed E-state index contributed by atoms with van der Waals surface area (Å²) in [4.78, 5) is 0. The van der Waals surface area contributed by atoms with Gasteiger partial charge in [-0.1, -0.05) is 17.7 Å². The third-order valence-electron chi connectivity index (χ3n) is 3.60. The van der Waals surface area contributed by atoms with Gasteiger partial charge in [0, 0.05) is 19.0 Å². The van der Waals surface area contributed by atoms with Crippen LogP contribution in [0.2, 0.25) is 5.15 Å². The van der Waals surface area contributed by atoms with Gasteiger partial charge in [-0.05, 0) is 43.0 Å². The van der Waals surface area contributed by atoms with Crippen LogP contribution in [-0.4, -0.2) is 22.9 Å². The number of piperidine rings is 1. The SMILES string of the molecule is Cn1nc(Cl)c2cc(C3CCCNC3)ccc21. The molecule has 3 rings (SSSR count). The molecule has 0 bridgehead atoms. The lowest BCUT2D eigenvalue weighted by Crippen LogP contribution is -2.28. The molecule has 1 atom stereocenters. The second kappa shape index (κ2) is 4.31. The summed E-state index contributed by atoms with van der Waals surface area (Å²) in [6, 6.07) is 6.53. The van der Waals surface area contributed by atoms with E-state index in [1.807, 2.05) is 11.7 Å². The molecule has 2 aromatic rings. The third-order valence-corrected chi connectivity index (χ3v) is 3.88. The minimum absolute atomic E-state index is 0.605. The van der Waals surface area contributed by atoms with E-state index < -0.39 is 0 Å². The van der Waals surface area contributed by atoms with E-state index in [-0.39, 0.29) is 0 Å². The smallest absolute Gasteiger partial charge is 0.158 e. The molecule has 0 amide bonds. The van der Waals surface area contributed by atoms with Crippen LogP contribution in [0.15, 0.2) is 18.2 Å². The summed E-state index contributed by atoms with van der Waals surface area (Å²) in [6.45, 7) is 2.22. The Morgan fingerprint density at radius 1 is 1.47 bits per heavy atom. The van der Waals surface area contributed by atoms with Crippen LogP contribution in [0.4, 0.5) is 0 Å². The fourth-order valence-corrected chi connectivity index (χ4v) is 2.90. The maximum Gasteiger partial charge on any atom is 0.158 e. The molecule has 4 heteroatoms. The maximum atomic E-state index is 6.14. The predicted molar refractivity (Wildman–Crippen MR) is 70.6 cm³/mol. The Labute approximate surface area is 106 Å². The minimum atomic E-state index is 0.605. The van der Waals surface area contributed by atoms with E-state index in [0.717, 1.165) is 24.0 Å². The molecular weight excluding hydrogens is 234 g/mol. The third kappa shape index (κ3) is 1.94. The first-order valence-electron chi connectivity index (χ1n) is 6.08. The Kier molecular flexibility index (Phi) is 2.81. The summed E-state index contributed by atoms with van der Waals surface area (Å²) in [6.07, 6.45) is 2.51. The lowest BCUT2D eigenvalue weighted by Gasteiger charge is -2.23. The van der Waals surface area contributed by atoms with E-state index in [4.69, 9.17) is 11.6 Å². The summed E-state index contributed by atoms with van der Waals surface area (Å²) in [5, 5.41) is 9.36. The highest BCUT2D eigenvalue weighted by Crippen LogP contribution is 2.29. The topological polar surface area (TPSA) is 29.9 Å². The van der Waals surface area contributed by atoms with Gasteiger partial charge in [-0.25, -0.2) is 0 Å². The Balaban J connectivity index is 2.03. The number of hydrogen-bond acceptors (Lipinski definition) is 2. The van der Waals surface area contributed by atoms with Gasteiger partial charge in [0.05, 0.1) is 5.52 Å². The Bertz CT molecular complexity index is 541. The number of aryl methyl sites for hydroxylation is 1. The molecule has 1 N–H and O–H groups in total. The van der Waals surface area contributed by atoms with Gasteiger partial charge in [-0.3, -0.25) is 4.68 Å². The van der Waals surface area contributed by atoms with Crippen LogP contribution >= 0.6 is 11.6 Å². The molecule has 0 radical (unpaired) electrons. The first-order chi connectivity index (χ1) is 8.25. The van der Waals surface area contributed by atoms with Crippen molar-refractivity contribution in [2.24, 2.45) is 7.05 Å². The van der Waals surface area contributed by atoms with Crippen molar-refractivity contribution < 1.29 is 0 Å². The van der Waals surface area contributed by atoms with Gasteiger partial charge >= 0.3 is 0 Å². The van der Waals surface area contributed by atoms with E-state index in [0.29, 0.717) is 11.1 Å². The highest BCUT2D eigenvalue weighted by atomic mass is 35.5. The zero-order valence-corrected chi connectivity index (χ0v) is 10.7. The fourth-order valence-electron chi connectivity index (χ4n) is 2.63. The molecule has 1 unspecified atom stereocenters. The quantitative estimate of drug-likeness (QED) is 0.842. The van der Waals surface area contributed by atoms with E-state index in [2.05, 4.69) is 28.6 Å². The number of hydrogen-bond donors (Lipinski definition) is 1. The lowest BCUT2D eigenvalue weighted by atomic mass is 9.91. The number of rotatable bonds is 1. The highest BCUT2D eigenvalue weighted by Gasteiger charge is 2.16. The summed E-state index contributed by atoms with van der Waals surface area (Å²) < 4.78 is 1.83. The molecule has 90 valence electrons. The van der Waals surface area contributed by atoms with Gasteiger partial charge in [-0.15, -0.1) is 0 Å². The van der Waals surface area contributed by atoms with E-state index in [9.17, 15) is 0 Å². The first kappa shape index (κ1) is 11.1. The Morgan fingerprint density at radius 3 is 3.12 bits per heavy atom. The van der Waals surface area contributed by atoms with Gasteiger partial charge in [0.2, 0.25) is 0 Å². The van der Waals surface area contributed by atoms with Gasteiger partial charge in [0.25, 0.3) is 0 Å². The van der Waals surface area contributed by atoms with Crippen molar-refractivity contribution in [3.63, 3.8) is 0 Å². The molecular formula is C13H16ClN3. The number of aromatic nitrogens is 2. The normalized spacial score (nSPS) is 20.9. The largest absolute Gasteiger partial charge is 0.316 e. The van der Waals surface area contributed by atoms with E-state index in [1.54, 1.807) is 0 Å². The van der Waals surface area contributed by atoms with Crippen molar-refractivity contribution in [1.29, 1.82) is 0 Å². The predicted octanol–water partition coefficient (Wildman–Crippen LogP) is 2.69. The van der Waals surface area contributed by atoms with Crippen LogP contribution < -0.4 is 5.32 Å². The molecule has 1 aliphatic heterocycles. The van der Waals surface area contributed by atoms with Gasteiger partial charge < -0.3 is 5.32 Å². The molecule has 17 heavy (non-hydrogen) atoms. The fraction of sp³-hybridized carbons (Fsp3) is 0.462. The Hall–Kier alpha value is -1.06.